The molecular formula is C26H30Cl2N4O2. The van der Waals surface area contributed by atoms with E-state index in [1.54, 1.807) is 16.7 Å². The fraction of sp³-hybridized carbons (Fsp3) is 0.385. The van der Waals surface area contributed by atoms with Crippen LogP contribution in [0.1, 0.15) is 33.1 Å². The van der Waals surface area contributed by atoms with Crippen LogP contribution in [0.5, 0.6) is 0 Å². The lowest BCUT2D eigenvalue weighted by atomic mass is 10.0. The van der Waals surface area contributed by atoms with Crippen LogP contribution < -0.4 is 10.6 Å². The maximum absolute atomic E-state index is 13.0. The Morgan fingerprint density at radius 2 is 1.74 bits per heavy atom. The summed E-state index contributed by atoms with van der Waals surface area (Å²) in [6.07, 6.45) is 2.14. The predicted octanol–water partition coefficient (Wildman–Crippen LogP) is 5.51. The van der Waals surface area contributed by atoms with Gasteiger partial charge in [0.05, 0.1) is 21.1 Å². The summed E-state index contributed by atoms with van der Waals surface area (Å²) in [5, 5.41) is 0.928. The maximum Gasteiger partial charge on any atom is 0.333 e. The number of likely N-dealkylation sites (tertiary alicyclic amines) is 1. The zero-order valence-electron chi connectivity index (χ0n) is 19.6. The Hall–Kier alpha value is -2.54. The maximum atomic E-state index is 13.0. The molecule has 1 amide bonds. The number of anilines is 1. The highest BCUT2D eigenvalue weighted by Gasteiger charge is 2.29. The van der Waals surface area contributed by atoms with Crippen LogP contribution in [0.4, 0.5) is 5.69 Å². The number of hydrogen-bond donors (Lipinski definition) is 0. The molecule has 180 valence electrons. The second kappa shape index (κ2) is 10.4. The number of allylic oxidation sites excluding steroid dienone is 1. The molecule has 3 aromatic rings. The molecule has 4 rings (SSSR count). The highest BCUT2D eigenvalue weighted by molar-refractivity contribution is 6.42. The molecule has 2 heterocycles. The Kier molecular flexibility index (Phi) is 7.51. The number of piperidine rings is 1. The number of aromatic nitrogens is 2. The van der Waals surface area contributed by atoms with Crippen LogP contribution in [0.3, 0.4) is 0 Å². The third kappa shape index (κ3) is 4.81. The van der Waals surface area contributed by atoms with Crippen molar-refractivity contribution < 1.29 is 4.79 Å². The molecule has 1 aliphatic rings. The molecule has 0 unspecified atom stereocenters. The Morgan fingerprint density at radius 3 is 2.35 bits per heavy atom. The van der Waals surface area contributed by atoms with E-state index in [1.807, 2.05) is 53.6 Å². The van der Waals surface area contributed by atoms with Crippen molar-refractivity contribution in [2.75, 3.05) is 24.5 Å². The van der Waals surface area contributed by atoms with Crippen LogP contribution in [0.2, 0.25) is 10.0 Å². The zero-order valence-corrected chi connectivity index (χ0v) is 21.1. The van der Waals surface area contributed by atoms with Crippen LogP contribution in [0, 0.1) is 0 Å². The van der Waals surface area contributed by atoms with Gasteiger partial charge in [0.2, 0.25) is 5.91 Å². The minimum absolute atomic E-state index is 0.0529. The van der Waals surface area contributed by atoms with Crippen molar-refractivity contribution in [1.82, 2.24) is 14.0 Å². The first-order valence-electron chi connectivity index (χ1n) is 11.7. The topological polar surface area (TPSA) is 50.5 Å². The third-order valence-electron chi connectivity index (χ3n) is 6.53. The van der Waals surface area contributed by atoms with Gasteiger partial charge < -0.3 is 9.80 Å². The number of rotatable bonds is 7. The fourth-order valence-corrected chi connectivity index (χ4v) is 5.09. The molecule has 0 N–H and O–H groups in total. The van der Waals surface area contributed by atoms with E-state index in [0.29, 0.717) is 28.7 Å². The first-order valence-corrected chi connectivity index (χ1v) is 12.4. The number of carbonyl (C=O) groups is 1. The van der Waals surface area contributed by atoms with Crippen molar-refractivity contribution in [2.24, 2.45) is 0 Å². The van der Waals surface area contributed by atoms with Gasteiger partial charge in [0.25, 0.3) is 0 Å². The summed E-state index contributed by atoms with van der Waals surface area (Å²) >= 11 is 12.3. The molecule has 8 heteroatoms. The van der Waals surface area contributed by atoms with Crippen LogP contribution in [0.25, 0.3) is 16.7 Å². The zero-order chi connectivity index (χ0) is 24.4. The third-order valence-corrected chi connectivity index (χ3v) is 7.27. The number of halogens is 2. The second-order valence-corrected chi connectivity index (χ2v) is 9.60. The second-order valence-electron chi connectivity index (χ2n) is 8.78. The van der Waals surface area contributed by atoms with E-state index in [2.05, 4.69) is 11.5 Å². The van der Waals surface area contributed by atoms with Gasteiger partial charge in [-0.15, -0.1) is 0 Å². The monoisotopic (exact) mass is 500 g/mol. The van der Waals surface area contributed by atoms with Gasteiger partial charge in [-0.05, 0) is 50.1 Å². The molecular weight excluding hydrogens is 471 g/mol. The van der Waals surface area contributed by atoms with Gasteiger partial charge in [0.1, 0.15) is 0 Å². The Labute approximate surface area is 210 Å². The van der Waals surface area contributed by atoms with Gasteiger partial charge >= 0.3 is 5.69 Å². The summed E-state index contributed by atoms with van der Waals surface area (Å²) in [5.41, 5.74) is 3.25. The van der Waals surface area contributed by atoms with E-state index in [-0.39, 0.29) is 17.6 Å². The van der Waals surface area contributed by atoms with Crippen molar-refractivity contribution >= 4 is 51.5 Å². The number of hydrogen-bond acceptors (Lipinski definition) is 3. The van der Waals surface area contributed by atoms with E-state index in [1.165, 1.54) is 0 Å². The van der Waals surface area contributed by atoms with Gasteiger partial charge in [0, 0.05) is 50.0 Å². The summed E-state index contributed by atoms with van der Waals surface area (Å²) in [6, 6.07) is 13.3. The molecule has 2 aromatic carbocycles. The number of carbonyl (C=O) groups excluding carboxylic acids is 1. The predicted molar refractivity (Wildman–Crippen MR) is 141 cm³/mol. The molecule has 34 heavy (non-hydrogen) atoms. The fourth-order valence-electron chi connectivity index (χ4n) is 4.80. The minimum Gasteiger partial charge on any atom is -0.309 e. The number of nitrogens with zero attached hydrogens (tertiary/aromatic N) is 4. The number of benzene rings is 2. The molecule has 0 radical (unpaired) electrons. The van der Waals surface area contributed by atoms with Crippen molar-refractivity contribution in [3.63, 3.8) is 0 Å². The number of amides is 1. The molecule has 0 spiro atoms. The van der Waals surface area contributed by atoms with Gasteiger partial charge in [-0.3, -0.25) is 13.9 Å². The summed E-state index contributed by atoms with van der Waals surface area (Å²) in [6.45, 7) is 10.8. The molecule has 1 saturated heterocycles. The molecule has 0 bridgehead atoms. The summed E-state index contributed by atoms with van der Waals surface area (Å²) < 4.78 is 3.51. The van der Waals surface area contributed by atoms with Crippen LogP contribution in [-0.4, -0.2) is 45.6 Å². The quantitative estimate of drug-likeness (QED) is 0.429. The number of fused-ring (bicyclic) bond motifs is 1. The minimum atomic E-state index is -0.0529. The van der Waals surface area contributed by atoms with Crippen LogP contribution >= 0.6 is 23.2 Å². The largest absolute Gasteiger partial charge is 0.333 e. The molecule has 1 aromatic heterocycles. The molecule has 0 aliphatic carbocycles. The van der Waals surface area contributed by atoms with E-state index >= 15 is 0 Å². The molecule has 6 nitrogen and oxygen atoms in total. The Bertz CT molecular complexity index is 1270. The Morgan fingerprint density at radius 1 is 1.06 bits per heavy atom. The van der Waals surface area contributed by atoms with Crippen molar-refractivity contribution in [3.8, 4) is 0 Å². The lowest BCUT2D eigenvalue weighted by Gasteiger charge is -2.38. The van der Waals surface area contributed by atoms with Crippen molar-refractivity contribution in [1.29, 1.82) is 0 Å². The summed E-state index contributed by atoms with van der Waals surface area (Å²) in [4.78, 5) is 30.1. The van der Waals surface area contributed by atoms with Crippen LogP contribution in [-0.2, 0) is 11.3 Å². The van der Waals surface area contributed by atoms with Crippen molar-refractivity contribution in [3.05, 3.63) is 69.6 Å². The highest BCUT2D eigenvalue weighted by Crippen LogP contribution is 2.31. The smallest absolute Gasteiger partial charge is 0.309 e. The first-order chi connectivity index (χ1) is 16.3. The number of para-hydroxylation sites is 2. The summed E-state index contributed by atoms with van der Waals surface area (Å²) in [5.74, 6) is 0.0796. The standard InChI is InChI=1S/C26H30Cl2N4O2/c1-4-25(33)32(20-9-10-21(27)22(28)17-20)19-11-13-29(14-12-19)15-16-30-23-7-5-6-8-24(23)31(18(2)3)26(30)34/h5-10,17,19H,2,4,11-16H2,1,3H3. The summed E-state index contributed by atoms with van der Waals surface area (Å²) in [7, 11) is 0. The van der Waals surface area contributed by atoms with E-state index in [4.69, 9.17) is 23.2 Å². The lowest BCUT2D eigenvalue weighted by Crippen LogP contribution is -2.48. The average molecular weight is 501 g/mol. The van der Waals surface area contributed by atoms with Gasteiger partial charge in [-0.25, -0.2) is 4.79 Å². The SMILES string of the molecule is C=C(C)n1c(=O)n(CCN2CCC(N(C(=O)CC)c3ccc(Cl)c(Cl)c3)CC2)c2ccccc21. The van der Waals surface area contributed by atoms with Crippen LogP contribution in [0.15, 0.2) is 53.8 Å². The molecule has 0 atom stereocenters. The van der Waals surface area contributed by atoms with Crippen molar-refractivity contribution in [2.45, 2.75) is 45.7 Å². The molecule has 1 fully saturated rings. The highest BCUT2D eigenvalue weighted by atomic mass is 35.5. The molecule has 0 saturated carbocycles. The first kappa shape index (κ1) is 24.6. The van der Waals surface area contributed by atoms with Gasteiger partial charge in [-0.2, -0.15) is 0 Å². The van der Waals surface area contributed by atoms with Gasteiger partial charge in [-0.1, -0.05) is 48.8 Å². The van der Waals surface area contributed by atoms with E-state index in [9.17, 15) is 9.59 Å². The van der Waals surface area contributed by atoms with E-state index in [0.717, 1.165) is 49.2 Å². The van der Waals surface area contributed by atoms with Gasteiger partial charge in [0.15, 0.2) is 0 Å². The lowest BCUT2D eigenvalue weighted by molar-refractivity contribution is -0.119. The molecule has 1 aliphatic heterocycles. The normalized spacial score (nSPS) is 15.1. The number of imidazole rings is 1. The van der Waals surface area contributed by atoms with E-state index < -0.39 is 0 Å². The Balaban J connectivity index is 1.45. The average Bonchev–Trinajstić information content (AvgIpc) is 3.12.